The Balaban J connectivity index is 1.70. The van der Waals surface area contributed by atoms with E-state index in [0.29, 0.717) is 11.8 Å². The lowest BCUT2D eigenvalue weighted by molar-refractivity contribution is 0.590. The van der Waals surface area contributed by atoms with Crippen molar-refractivity contribution in [1.29, 1.82) is 0 Å². The van der Waals surface area contributed by atoms with E-state index in [0.717, 1.165) is 17.8 Å². The van der Waals surface area contributed by atoms with Crippen LogP contribution in [0.3, 0.4) is 0 Å². The van der Waals surface area contributed by atoms with Crippen LogP contribution >= 0.6 is 0 Å². The molecule has 26 heavy (non-hydrogen) atoms. The number of anilines is 4. The summed E-state index contributed by atoms with van der Waals surface area (Å²) in [4.78, 5) is 4.48. The topological polar surface area (TPSA) is 62.7 Å². The molecule has 0 radical (unpaired) electrons. The lowest BCUT2D eigenvalue weighted by Crippen LogP contribution is -2.10. The van der Waals surface area contributed by atoms with Crippen molar-refractivity contribution in [3.63, 3.8) is 0 Å². The highest BCUT2D eigenvalue weighted by Gasteiger charge is 2.13. The van der Waals surface area contributed by atoms with Crippen LogP contribution in [0.4, 0.5) is 23.1 Å². The molecule has 1 aromatic heterocycles. The predicted octanol–water partition coefficient (Wildman–Crippen LogP) is 5.22. The number of nitrogens with one attached hydrogen (secondary N) is 2. The summed E-state index contributed by atoms with van der Waals surface area (Å²) in [6, 6.07) is 16.6. The first-order chi connectivity index (χ1) is 12.4. The van der Waals surface area contributed by atoms with Crippen LogP contribution < -0.4 is 10.6 Å². The van der Waals surface area contributed by atoms with Gasteiger partial charge in [-0.3, -0.25) is 0 Å². The molecule has 0 aliphatic rings. The van der Waals surface area contributed by atoms with Gasteiger partial charge in [0.15, 0.2) is 5.82 Å². The van der Waals surface area contributed by atoms with E-state index in [1.165, 1.54) is 11.1 Å². The average Bonchev–Trinajstić information content (AvgIpc) is 2.62. The fourth-order valence-electron chi connectivity index (χ4n) is 2.57. The fraction of sp³-hybridized carbons (Fsp3) is 0.286. The smallest absolute Gasteiger partial charge is 0.249 e. The molecule has 5 heteroatoms. The third kappa shape index (κ3) is 4.57. The van der Waals surface area contributed by atoms with Crippen molar-refractivity contribution in [2.24, 2.45) is 0 Å². The van der Waals surface area contributed by atoms with E-state index in [-0.39, 0.29) is 5.41 Å². The summed E-state index contributed by atoms with van der Waals surface area (Å²) in [7, 11) is 0. The molecule has 3 aromatic rings. The molecule has 0 fully saturated rings. The molecule has 0 bridgehead atoms. The maximum atomic E-state index is 4.48. The Morgan fingerprint density at radius 1 is 0.846 bits per heavy atom. The molecule has 0 spiro atoms. The van der Waals surface area contributed by atoms with Crippen molar-refractivity contribution in [3.8, 4) is 0 Å². The number of aromatic nitrogens is 3. The molecule has 3 rings (SSSR count). The zero-order valence-corrected chi connectivity index (χ0v) is 15.7. The van der Waals surface area contributed by atoms with Gasteiger partial charge in [0.2, 0.25) is 5.95 Å². The lowest BCUT2D eigenvalue weighted by Gasteiger charge is -2.19. The minimum absolute atomic E-state index is 0.133. The van der Waals surface area contributed by atoms with Crippen molar-refractivity contribution in [2.75, 3.05) is 10.6 Å². The molecule has 2 aromatic carbocycles. The highest BCUT2D eigenvalue weighted by Crippen LogP contribution is 2.24. The summed E-state index contributed by atoms with van der Waals surface area (Å²) in [6.45, 7) is 8.74. The average molecular weight is 347 g/mol. The third-order valence-electron chi connectivity index (χ3n) is 4.20. The molecular weight excluding hydrogens is 322 g/mol. The van der Waals surface area contributed by atoms with Gasteiger partial charge in [0, 0.05) is 11.4 Å². The summed E-state index contributed by atoms with van der Waals surface area (Å²) < 4.78 is 0. The van der Waals surface area contributed by atoms with Gasteiger partial charge in [0.25, 0.3) is 0 Å². The van der Waals surface area contributed by atoms with Gasteiger partial charge in [0.05, 0.1) is 6.20 Å². The number of rotatable bonds is 5. The summed E-state index contributed by atoms with van der Waals surface area (Å²) in [5, 5.41) is 14.6. The molecule has 1 heterocycles. The first-order valence-corrected chi connectivity index (χ1v) is 8.87. The summed E-state index contributed by atoms with van der Waals surface area (Å²) in [5.41, 5.74) is 4.63. The SMILES string of the molecule is CCc1ccc(Nc2cnnc(Nc3ccc(C(C)(C)C)cc3)n2)cc1. The zero-order chi connectivity index (χ0) is 18.6. The van der Waals surface area contributed by atoms with Gasteiger partial charge in [-0.2, -0.15) is 10.1 Å². The van der Waals surface area contributed by atoms with Crippen LogP contribution in [0.1, 0.15) is 38.8 Å². The van der Waals surface area contributed by atoms with Crippen molar-refractivity contribution in [2.45, 2.75) is 39.5 Å². The molecule has 0 unspecified atom stereocenters. The molecule has 0 aliphatic heterocycles. The van der Waals surface area contributed by atoms with Crippen LogP contribution in [0.15, 0.2) is 54.7 Å². The van der Waals surface area contributed by atoms with Crippen LogP contribution in [0.5, 0.6) is 0 Å². The van der Waals surface area contributed by atoms with Gasteiger partial charge in [-0.25, -0.2) is 0 Å². The Morgan fingerprint density at radius 3 is 2.08 bits per heavy atom. The molecule has 0 saturated carbocycles. The molecule has 2 N–H and O–H groups in total. The predicted molar refractivity (Wildman–Crippen MR) is 107 cm³/mol. The number of hydrogen-bond acceptors (Lipinski definition) is 5. The number of nitrogens with zero attached hydrogens (tertiary/aromatic N) is 3. The van der Waals surface area contributed by atoms with Gasteiger partial charge >= 0.3 is 0 Å². The highest BCUT2D eigenvalue weighted by molar-refractivity contribution is 5.59. The van der Waals surface area contributed by atoms with E-state index in [1.54, 1.807) is 6.20 Å². The molecule has 0 aliphatic carbocycles. The van der Waals surface area contributed by atoms with E-state index in [2.05, 4.69) is 77.8 Å². The second-order valence-electron chi connectivity index (χ2n) is 7.29. The third-order valence-corrected chi connectivity index (χ3v) is 4.20. The molecule has 0 saturated heterocycles. The van der Waals surface area contributed by atoms with Crippen molar-refractivity contribution in [3.05, 3.63) is 65.9 Å². The fourth-order valence-corrected chi connectivity index (χ4v) is 2.57. The van der Waals surface area contributed by atoms with Crippen molar-refractivity contribution in [1.82, 2.24) is 15.2 Å². The Hall–Kier alpha value is -2.95. The van der Waals surface area contributed by atoms with Gasteiger partial charge in [0.1, 0.15) is 0 Å². The quantitative estimate of drug-likeness (QED) is 0.662. The van der Waals surface area contributed by atoms with E-state index in [1.807, 2.05) is 24.3 Å². The summed E-state index contributed by atoms with van der Waals surface area (Å²) in [5.74, 6) is 1.11. The van der Waals surface area contributed by atoms with Gasteiger partial charge in [-0.15, -0.1) is 5.10 Å². The van der Waals surface area contributed by atoms with E-state index >= 15 is 0 Å². The second-order valence-corrected chi connectivity index (χ2v) is 7.29. The van der Waals surface area contributed by atoms with E-state index in [4.69, 9.17) is 0 Å². The van der Waals surface area contributed by atoms with Crippen LogP contribution in [0.2, 0.25) is 0 Å². The Kier molecular flexibility index (Phi) is 5.16. The first-order valence-electron chi connectivity index (χ1n) is 8.87. The van der Waals surface area contributed by atoms with Crippen molar-refractivity contribution < 1.29 is 0 Å². The highest BCUT2D eigenvalue weighted by atomic mass is 15.3. The van der Waals surface area contributed by atoms with E-state index in [9.17, 15) is 0 Å². The first kappa shape index (κ1) is 17.9. The molecule has 5 nitrogen and oxygen atoms in total. The summed E-state index contributed by atoms with van der Waals surface area (Å²) in [6.07, 6.45) is 2.64. The number of aryl methyl sites for hydroxylation is 1. The molecule has 0 amide bonds. The standard InChI is InChI=1S/C21H25N5/c1-5-15-6-10-17(11-7-15)23-19-14-22-26-20(25-19)24-18-12-8-16(9-13-18)21(2,3)4/h6-14H,5H2,1-4H3,(H2,23,24,25,26). The van der Waals surface area contributed by atoms with Crippen LogP contribution in [0.25, 0.3) is 0 Å². The van der Waals surface area contributed by atoms with Crippen LogP contribution in [-0.4, -0.2) is 15.2 Å². The molecule has 0 atom stereocenters. The maximum absolute atomic E-state index is 4.48. The summed E-state index contributed by atoms with van der Waals surface area (Å²) >= 11 is 0. The molecule has 134 valence electrons. The van der Waals surface area contributed by atoms with Crippen LogP contribution in [0, 0.1) is 0 Å². The number of hydrogen-bond donors (Lipinski definition) is 2. The molecular formula is C21H25N5. The normalized spacial score (nSPS) is 11.2. The van der Waals surface area contributed by atoms with Gasteiger partial charge < -0.3 is 10.6 Å². The Labute approximate surface area is 154 Å². The minimum Gasteiger partial charge on any atom is -0.339 e. The lowest BCUT2D eigenvalue weighted by atomic mass is 9.87. The second kappa shape index (κ2) is 7.52. The van der Waals surface area contributed by atoms with Crippen molar-refractivity contribution >= 4 is 23.1 Å². The Bertz CT molecular complexity index is 849. The van der Waals surface area contributed by atoms with Gasteiger partial charge in [-0.05, 0) is 47.2 Å². The zero-order valence-electron chi connectivity index (χ0n) is 15.7. The van der Waals surface area contributed by atoms with Crippen LogP contribution in [-0.2, 0) is 11.8 Å². The van der Waals surface area contributed by atoms with Gasteiger partial charge in [-0.1, -0.05) is 52.0 Å². The van der Waals surface area contributed by atoms with E-state index < -0.39 is 0 Å². The Morgan fingerprint density at radius 2 is 1.46 bits per heavy atom. The minimum atomic E-state index is 0.133. The maximum Gasteiger partial charge on any atom is 0.249 e. The number of benzene rings is 2. The monoisotopic (exact) mass is 347 g/mol. The largest absolute Gasteiger partial charge is 0.339 e.